The molecule has 2 rings (SSSR count). The Morgan fingerprint density at radius 1 is 1.47 bits per heavy atom. The third-order valence-electron chi connectivity index (χ3n) is 3.41. The van der Waals surface area contributed by atoms with Gasteiger partial charge >= 0.3 is 0 Å². The van der Waals surface area contributed by atoms with E-state index in [9.17, 15) is 0 Å². The Hall–Kier alpha value is -0.340. The molecular weight excluding hydrogens is 250 g/mol. The average Bonchev–Trinajstić information content (AvgIpc) is 2.75. The Labute approximate surface area is 100 Å². The van der Waals surface area contributed by atoms with Gasteiger partial charge in [-0.1, -0.05) is 41.1 Å². The van der Waals surface area contributed by atoms with Gasteiger partial charge < -0.3 is 5.32 Å². The van der Waals surface area contributed by atoms with Crippen LogP contribution < -0.4 is 5.32 Å². The van der Waals surface area contributed by atoms with Crippen molar-refractivity contribution >= 4 is 15.9 Å². The predicted molar refractivity (Wildman–Crippen MR) is 68.2 cm³/mol. The van der Waals surface area contributed by atoms with E-state index in [1.165, 1.54) is 36.0 Å². The van der Waals surface area contributed by atoms with Crippen LogP contribution in [0.2, 0.25) is 0 Å². The summed E-state index contributed by atoms with van der Waals surface area (Å²) in [6, 6.07) is 8.65. The molecule has 0 bridgehead atoms. The molecule has 1 aromatic rings. The van der Waals surface area contributed by atoms with Crippen molar-refractivity contribution in [3.63, 3.8) is 0 Å². The van der Waals surface area contributed by atoms with Gasteiger partial charge in [-0.05, 0) is 49.4 Å². The summed E-state index contributed by atoms with van der Waals surface area (Å²) in [7, 11) is 0. The van der Waals surface area contributed by atoms with E-state index < -0.39 is 0 Å². The van der Waals surface area contributed by atoms with Crippen LogP contribution in [0.4, 0.5) is 0 Å². The number of benzene rings is 1. The van der Waals surface area contributed by atoms with Crippen molar-refractivity contribution in [3.05, 3.63) is 34.3 Å². The average molecular weight is 268 g/mol. The van der Waals surface area contributed by atoms with Gasteiger partial charge in [0.05, 0.1) is 0 Å². The molecule has 1 heterocycles. The molecule has 0 spiro atoms. The van der Waals surface area contributed by atoms with E-state index in [1.54, 1.807) is 0 Å². The second kappa shape index (κ2) is 5.13. The highest BCUT2D eigenvalue weighted by Crippen LogP contribution is 2.35. The van der Waals surface area contributed by atoms with Crippen molar-refractivity contribution in [3.8, 4) is 0 Å². The Kier molecular flexibility index (Phi) is 3.81. The van der Waals surface area contributed by atoms with Gasteiger partial charge in [0.1, 0.15) is 0 Å². The maximum absolute atomic E-state index is 3.66. The van der Waals surface area contributed by atoms with E-state index in [0.29, 0.717) is 5.92 Å². The van der Waals surface area contributed by atoms with Crippen molar-refractivity contribution in [1.82, 2.24) is 5.32 Å². The zero-order chi connectivity index (χ0) is 10.7. The highest BCUT2D eigenvalue weighted by atomic mass is 79.9. The summed E-state index contributed by atoms with van der Waals surface area (Å²) < 4.78 is 1.27. The standard InChI is InChI=1S/C13H18BrN/c1-2-11(10-7-8-15-9-10)12-5-3-4-6-13(12)14/h3-6,10-11,15H,2,7-9H2,1H3. The number of rotatable bonds is 3. The molecule has 1 nitrogen and oxygen atoms in total. The first kappa shape index (κ1) is 11.2. The van der Waals surface area contributed by atoms with Crippen molar-refractivity contribution in [2.75, 3.05) is 13.1 Å². The van der Waals surface area contributed by atoms with Crippen molar-refractivity contribution in [2.45, 2.75) is 25.7 Å². The molecule has 0 amide bonds. The lowest BCUT2D eigenvalue weighted by atomic mass is 9.83. The first-order valence-corrected chi connectivity index (χ1v) is 6.57. The first-order valence-electron chi connectivity index (χ1n) is 5.78. The Bertz CT molecular complexity index is 318. The summed E-state index contributed by atoms with van der Waals surface area (Å²) in [6.45, 7) is 4.66. The van der Waals surface area contributed by atoms with E-state index in [0.717, 1.165) is 5.92 Å². The quantitative estimate of drug-likeness (QED) is 0.884. The van der Waals surface area contributed by atoms with Gasteiger partial charge in [-0.25, -0.2) is 0 Å². The maximum Gasteiger partial charge on any atom is 0.0210 e. The van der Waals surface area contributed by atoms with Crippen molar-refractivity contribution in [1.29, 1.82) is 0 Å². The molecular formula is C13H18BrN. The fourth-order valence-corrected chi connectivity index (χ4v) is 3.18. The summed E-state index contributed by atoms with van der Waals surface area (Å²) in [5.74, 6) is 1.52. The minimum Gasteiger partial charge on any atom is -0.316 e. The third-order valence-corrected chi connectivity index (χ3v) is 4.13. The fourth-order valence-electron chi connectivity index (χ4n) is 2.60. The number of nitrogens with one attached hydrogen (secondary N) is 1. The van der Waals surface area contributed by atoms with Gasteiger partial charge in [0.15, 0.2) is 0 Å². The monoisotopic (exact) mass is 267 g/mol. The van der Waals surface area contributed by atoms with Crippen LogP contribution in [0, 0.1) is 5.92 Å². The van der Waals surface area contributed by atoms with Gasteiger partial charge in [0, 0.05) is 4.47 Å². The molecule has 0 saturated carbocycles. The lowest BCUT2D eigenvalue weighted by Crippen LogP contribution is -2.16. The molecule has 1 aliphatic rings. The molecule has 15 heavy (non-hydrogen) atoms. The molecule has 0 radical (unpaired) electrons. The zero-order valence-electron chi connectivity index (χ0n) is 9.17. The molecule has 82 valence electrons. The molecule has 2 unspecified atom stereocenters. The second-order valence-electron chi connectivity index (χ2n) is 4.29. The molecule has 1 fully saturated rings. The van der Waals surface area contributed by atoms with E-state index in [1.807, 2.05) is 0 Å². The van der Waals surface area contributed by atoms with E-state index in [2.05, 4.69) is 52.4 Å². The highest BCUT2D eigenvalue weighted by Gasteiger charge is 2.25. The second-order valence-corrected chi connectivity index (χ2v) is 5.14. The van der Waals surface area contributed by atoms with Crippen LogP contribution in [-0.2, 0) is 0 Å². The maximum atomic E-state index is 3.66. The predicted octanol–water partition coefficient (Wildman–Crippen LogP) is 3.55. The molecule has 1 aromatic carbocycles. The topological polar surface area (TPSA) is 12.0 Å². The molecule has 2 atom stereocenters. The molecule has 1 aliphatic heterocycles. The summed E-state index contributed by atoms with van der Waals surface area (Å²) in [5, 5.41) is 3.46. The Balaban J connectivity index is 2.22. The highest BCUT2D eigenvalue weighted by molar-refractivity contribution is 9.10. The van der Waals surface area contributed by atoms with Gasteiger partial charge in [0.25, 0.3) is 0 Å². The summed E-state index contributed by atoms with van der Waals surface area (Å²) >= 11 is 3.66. The van der Waals surface area contributed by atoms with E-state index in [-0.39, 0.29) is 0 Å². The fraction of sp³-hybridized carbons (Fsp3) is 0.538. The Morgan fingerprint density at radius 2 is 2.27 bits per heavy atom. The SMILES string of the molecule is CCC(c1ccccc1Br)C1CCNC1. The van der Waals surface area contributed by atoms with Crippen LogP contribution in [0.15, 0.2) is 28.7 Å². The number of hydrogen-bond donors (Lipinski definition) is 1. The molecule has 2 heteroatoms. The minimum absolute atomic E-state index is 0.704. The lowest BCUT2D eigenvalue weighted by molar-refractivity contribution is 0.445. The zero-order valence-corrected chi connectivity index (χ0v) is 10.8. The first-order chi connectivity index (χ1) is 7.33. The van der Waals surface area contributed by atoms with Crippen LogP contribution in [0.3, 0.4) is 0 Å². The van der Waals surface area contributed by atoms with E-state index in [4.69, 9.17) is 0 Å². The summed E-state index contributed by atoms with van der Waals surface area (Å²) in [5.41, 5.74) is 1.48. The third kappa shape index (κ3) is 2.43. The van der Waals surface area contributed by atoms with Crippen LogP contribution >= 0.6 is 15.9 Å². The van der Waals surface area contributed by atoms with Gasteiger partial charge in [-0.15, -0.1) is 0 Å². The number of hydrogen-bond acceptors (Lipinski definition) is 1. The summed E-state index contributed by atoms with van der Waals surface area (Å²) in [4.78, 5) is 0. The Morgan fingerprint density at radius 3 is 2.87 bits per heavy atom. The van der Waals surface area contributed by atoms with Gasteiger partial charge in [-0.2, -0.15) is 0 Å². The van der Waals surface area contributed by atoms with Crippen LogP contribution in [0.25, 0.3) is 0 Å². The molecule has 1 N–H and O–H groups in total. The lowest BCUT2D eigenvalue weighted by Gasteiger charge is -2.23. The number of halogens is 1. The van der Waals surface area contributed by atoms with Crippen LogP contribution in [-0.4, -0.2) is 13.1 Å². The van der Waals surface area contributed by atoms with E-state index >= 15 is 0 Å². The molecule has 0 aromatic heterocycles. The molecule has 0 aliphatic carbocycles. The molecule has 1 saturated heterocycles. The normalized spacial score (nSPS) is 22.9. The van der Waals surface area contributed by atoms with Crippen LogP contribution in [0.1, 0.15) is 31.2 Å². The van der Waals surface area contributed by atoms with Crippen molar-refractivity contribution in [2.24, 2.45) is 5.92 Å². The smallest absolute Gasteiger partial charge is 0.0210 e. The minimum atomic E-state index is 0.704. The van der Waals surface area contributed by atoms with Crippen LogP contribution in [0.5, 0.6) is 0 Å². The largest absolute Gasteiger partial charge is 0.316 e. The van der Waals surface area contributed by atoms with Crippen molar-refractivity contribution < 1.29 is 0 Å². The van der Waals surface area contributed by atoms with Gasteiger partial charge in [-0.3, -0.25) is 0 Å². The van der Waals surface area contributed by atoms with Gasteiger partial charge in [0.2, 0.25) is 0 Å². The summed E-state index contributed by atoms with van der Waals surface area (Å²) in [6.07, 6.45) is 2.55.